The zero-order valence-electron chi connectivity index (χ0n) is 11.1. The second-order valence-electron chi connectivity index (χ2n) is 5.95. The first-order chi connectivity index (χ1) is 9.14. The van der Waals surface area contributed by atoms with Crippen molar-refractivity contribution < 1.29 is 4.79 Å². The van der Waals surface area contributed by atoms with Crippen molar-refractivity contribution in [3.8, 4) is 6.07 Å². The quantitative estimate of drug-likeness (QED) is 0.846. The van der Waals surface area contributed by atoms with Crippen molar-refractivity contribution >= 4 is 17.2 Å². The highest BCUT2D eigenvalue weighted by Gasteiger charge is 2.52. The second kappa shape index (κ2) is 4.64. The third-order valence-corrected chi connectivity index (χ3v) is 5.03. The summed E-state index contributed by atoms with van der Waals surface area (Å²) >= 11 is 1.68. The predicted molar refractivity (Wildman–Crippen MR) is 74.3 cm³/mol. The van der Waals surface area contributed by atoms with Gasteiger partial charge in [0.15, 0.2) is 0 Å². The van der Waals surface area contributed by atoms with Crippen molar-refractivity contribution in [1.29, 1.82) is 5.26 Å². The first kappa shape index (κ1) is 12.7. The third kappa shape index (κ3) is 2.28. The Morgan fingerprint density at radius 3 is 2.79 bits per heavy atom. The van der Waals surface area contributed by atoms with Gasteiger partial charge in [0.05, 0.1) is 12.6 Å². The summed E-state index contributed by atoms with van der Waals surface area (Å²) in [6.45, 7) is 2.79. The Morgan fingerprint density at radius 1 is 1.58 bits per heavy atom. The van der Waals surface area contributed by atoms with Gasteiger partial charge in [-0.15, -0.1) is 11.3 Å². The molecule has 0 unspecified atom stereocenters. The Bertz CT molecular complexity index is 507. The average molecular weight is 274 g/mol. The van der Waals surface area contributed by atoms with Gasteiger partial charge in [-0.3, -0.25) is 4.79 Å². The first-order valence-electron chi connectivity index (χ1n) is 6.89. The van der Waals surface area contributed by atoms with Crippen molar-refractivity contribution in [2.24, 2.45) is 11.3 Å². The highest BCUT2D eigenvalue weighted by atomic mass is 32.1. The van der Waals surface area contributed by atoms with Gasteiger partial charge in [0.1, 0.15) is 5.41 Å². The monoisotopic (exact) mass is 274 g/mol. The maximum atomic E-state index is 12.7. The van der Waals surface area contributed by atoms with Gasteiger partial charge >= 0.3 is 0 Å². The summed E-state index contributed by atoms with van der Waals surface area (Å²) in [7, 11) is 0. The van der Waals surface area contributed by atoms with Crippen molar-refractivity contribution in [3.05, 3.63) is 22.4 Å². The molecule has 2 aliphatic carbocycles. The van der Waals surface area contributed by atoms with Crippen LogP contribution in [0.1, 0.15) is 37.5 Å². The molecular formula is C15H18N2OS. The van der Waals surface area contributed by atoms with Crippen LogP contribution in [-0.4, -0.2) is 16.8 Å². The van der Waals surface area contributed by atoms with Crippen LogP contribution in [0.2, 0.25) is 0 Å². The molecule has 1 aromatic rings. The lowest BCUT2D eigenvalue weighted by molar-refractivity contribution is -0.146. The van der Waals surface area contributed by atoms with Gasteiger partial charge in [-0.1, -0.05) is 13.0 Å². The number of carbonyl (C=O) groups excluding carboxylic acids is 1. The molecule has 4 heteroatoms. The number of nitrogens with zero attached hydrogens (tertiary/aromatic N) is 2. The van der Waals surface area contributed by atoms with Gasteiger partial charge in [-0.25, -0.2) is 0 Å². The fourth-order valence-electron chi connectivity index (χ4n) is 3.04. The molecule has 1 aromatic heterocycles. The molecular weight excluding hydrogens is 256 g/mol. The Hall–Kier alpha value is -1.34. The van der Waals surface area contributed by atoms with E-state index in [1.807, 2.05) is 16.3 Å². The lowest BCUT2D eigenvalue weighted by atomic mass is 9.62. The van der Waals surface area contributed by atoms with Gasteiger partial charge in [0.2, 0.25) is 5.91 Å². The molecule has 0 atom stereocenters. The summed E-state index contributed by atoms with van der Waals surface area (Å²) in [5.41, 5.74) is -0.723. The molecule has 2 saturated carbocycles. The van der Waals surface area contributed by atoms with Gasteiger partial charge in [0, 0.05) is 10.9 Å². The van der Waals surface area contributed by atoms with E-state index in [1.54, 1.807) is 11.3 Å². The Balaban J connectivity index is 1.77. The number of hydrogen-bond acceptors (Lipinski definition) is 3. The Labute approximate surface area is 117 Å². The van der Waals surface area contributed by atoms with E-state index >= 15 is 0 Å². The molecule has 0 N–H and O–H groups in total. The van der Waals surface area contributed by atoms with Crippen molar-refractivity contribution in [2.45, 2.75) is 45.2 Å². The molecule has 1 amide bonds. The van der Waals surface area contributed by atoms with Crippen LogP contribution in [-0.2, 0) is 11.3 Å². The summed E-state index contributed by atoms with van der Waals surface area (Å²) in [6, 6.07) is 6.75. The van der Waals surface area contributed by atoms with Gasteiger partial charge in [-0.2, -0.15) is 5.26 Å². The number of rotatable bonds is 4. The summed E-state index contributed by atoms with van der Waals surface area (Å²) in [4.78, 5) is 15.9. The van der Waals surface area contributed by atoms with E-state index in [-0.39, 0.29) is 5.91 Å². The molecule has 0 aromatic carbocycles. The molecule has 2 aliphatic rings. The van der Waals surface area contributed by atoms with Crippen LogP contribution in [0.5, 0.6) is 0 Å². The number of nitriles is 1. The van der Waals surface area contributed by atoms with Gasteiger partial charge in [-0.05, 0) is 43.0 Å². The lowest BCUT2D eigenvalue weighted by Crippen LogP contribution is -2.50. The van der Waals surface area contributed by atoms with Crippen molar-refractivity contribution in [2.75, 3.05) is 0 Å². The number of carbonyl (C=O) groups is 1. The zero-order valence-corrected chi connectivity index (χ0v) is 11.9. The smallest absolute Gasteiger partial charge is 0.243 e. The topological polar surface area (TPSA) is 44.1 Å². The minimum atomic E-state index is -0.723. The molecule has 2 fully saturated rings. The maximum absolute atomic E-state index is 12.7. The van der Waals surface area contributed by atoms with Crippen LogP contribution in [0, 0.1) is 22.7 Å². The fraction of sp³-hybridized carbons (Fsp3) is 0.600. The highest BCUT2D eigenvalue weighted by Crippen LogP contribution is 2.48. The maximum Gasteiger partial charge on any atom is 0.243 e. The second-order valence-corrected chi connectivity index (χ2v) is 6.98. The van der Waals surface area contributed by atoms with Gasteiger partial charge < -0.3 is 4.90 Å². The minimum absolute atomic E-state index is 0.0731. The Morgan fingerprint density at radius 2 is 2.32 bits per heavy atom. The van der Waals surface area contributed by atoms with E-state index in [0.29, 0.717) is 18.5 Å². The third-order valence-electron chi connectivity index (χ3n) is 4.17. The first-order valence-corrected chi connectivity index (χ1v) is 7.77. The lowest BCUT2D eigenvalue weighted by Gasteiger charge is -2.42. The molecule has 19 heavy (non-hydrogen) atoms. The molecule has 0 radical (unpaired) electrons. The average Bonchev–Trinajstić information content (AvgIpc) is 3.08. The largest absolute Gasteiger partial charge is 0.333 e. The van der Waals surface area contributed by atoms with Crippen LogP contribution in [0.25, 0.3) is 0 Å². The summed E-state index contributed by atoms with van der Waals surface area (Å²) in [5, 5.41) is 11.4. The molecule has 0 bridgehead atoms. The normalized spacial score (nSPS) is 29.4. The SMILES string of the molecule is CC1CC(C#N)(C(=O)N(Cc2cccs2)C2CC2)C1. The van der Waals surface area contributed by atoms with Crippen LogP contribution in [0.4, 0.5) is 0 Å². The summed E-state index contributed by atoms with van der Waals surface area (Å²) in [6.07, 6.45) is 3.65. The van der Waals surface area contributed by atoms with Crippen molar-refractivity contribution in [1.82, 2.24) is 4.90 Å². The van der Waals surface area contributed by atoms with E-state index in [9.17, 15) is 10.1 Å². The van der Waals surface area contributed by atoms with Crippen LogP contribution in [0.3, 0.4) is 0 Å². The van der Waals surface area contributed by atoms with Crippen LogP contribution >= 0.6 is 11.3 Å². The fourth-order valence-corrected chi connectivity index (χ4v) is 3.74. The minimum Gasteiger partial charge on any atom is -0.333 e. The summed E-state index contributed by atoms with van der Waals surface area (Å²) < 4.78 is 0. The standard InChI is InChI=1S/C15H18N2OS/c1-11-7-15(8-11,10-16)14(18)17(12-4-5-12)9-13-3-2-6-19-13/h2-3,6,11-12H,4-5,7-9H2,1H3. The number of thiophene rings is 1. The highest BCUT2D eigenvalue weighted by molar-refractivity contribution is 7.09. The zero-order chi connectivity index (χ0) is 13.5. The summed E-state index contributed by atoms with van der Waals surface area (Å²) in [5.74, 6) is 0.579. The molecule has 0 spiro atoms. The molecule has 0 saturated heterocycles. The van der Waals surface area contributed by atoms with E-state index in [2.05, 4.69) is 19.1 Å². The van der Waals surface area contributed by atoms with E-state index in [4.69, 9.17) is 0 Å². The molecule has 0 aliphatic heterocycles. The van der Waals surface area contributed by atoms with Crippen LogP contribution < -0.4 is 0 Å². The molecule has 3 rings (SSSR count). The van der Waals surface area contributed by atoms with Gasteiger partial charge in [0.25, 0.3) is 0 Å². The molecule has 1 heterocycles. The van der Waals surface area contributed by atoms with Crippen molar-refractivity contribution in [3.63, 3.8) is 0 Å². The van der Waals surface area contributed by atoms with Crippen LogP contribution in [0.15, 0.2) is 17.5 Å². The van der Waals surface area contributed by atoms with E-state index in [1.165, 1.54) is 4.88 Å². The van der Waals surface area contributed by atoms with E-state index < -0.39 is 5.41 Å². The number of hydrogen-bond donors (Lipinski definition) is 0. The molecule has 100 valence electrons. The Kier molecular flexibility index (Phi) is 3.10. The molecule has 3 nitrogen and oxygen atoms in total. The predicted octanol–water partition coefficient (Wildman–Crippen LogP) is 3.18. The number of amides is 1. The van der Waals surface area contributed by atoms with E-state index in [0.717, 1.165) is 25.7 Å².